The van der Waals surface area contributed by atoms with Gasteiger partial charge in [-0.15, -0.1) is 0 Å². The standard InChI is InChI=1S/C40H41AsFN10O3/c1-47-38-28(8-3-10-31(38)51(40(47)55)32-13-16-37(53)45-39(32)54)41-17-19-48-20-22-49(23-21-48)35-12-4-9-29(44-35)33-25-43-34-14-15-36(46-52(33)34)50-18-5-11-30(50)26-6-2-7-27(42)24-26/h2-4,6-10,12,14-15,24-25,30,32H,5,11,13,16-23H2,1H3,(H,45,53,54)/t30-,32?/m1/s1. The van der Waals surface area contributed by atoms with Crippen LogP contribution in [-0.2, 0) is 16.6 Å². The molecule has 3 fully saturated rings. The molecule has 13 nitrogen and oxygen atoms in total. The molecule has 3 saturated heterocycles. The number of benzene rings is 2. The van der Waals surface area contributed by atoms with Crippen molar-refractivity contribution in [2.45, 2.75) is 43.0 Å². The van der Waals surface area contributed by atoms with Crippen molar-refractivity contribution in [2.24, 2.45) is 7.05 Å². The van der Waals surface area contributed by atoms with Crippen LogP contribution in [0.1, 0.15) is 43.3 Å². The molecular weight excluding hydrogens is 762 g/mol. The first-order valence-electron chi connectivity index (χ1n) is 18.8. The number of anilines is 2. The summed E-state index contributed by atoms with van der Waals surface area (Å²) in [7, 11) is 1.77. The second kappa shape index (κ2) is 14.7. The van der Waals surface area contributed by atoms with Crippen molar-refractivity contribution in [1.82, 2.24) is 38.9 Å². The Bertz CT molecular complexity index is 2490. The van der Waals surface area contributed by atoms with Gasteiger partial charge in [-0.1, -0.05) is 12.1 Å². The number of carbonyl (C=O) groups excluding carboxylic acids is 2. The van der Waals surface area contributed by atoms with Crippen LogP contribution in [0.5, 0.6) is 0 Å². The van der Waals surface area contributed by atoms with E-state index in [1.165, 1.54) is 10.4 Å². The molecule has 281 valence electrons. The normalized spacial score (nSPS) is 19.7. The van der Waals surface area contributed by atoms with Crippen molar-refractivity contribution in [3.8, 4) is 11.4 Å². The predicted molar refractivity (Wildman–Crippen MR) is 209 cm³/mol. The number of halogens is 1. The molecule has 7 heterocycles. The quantitative estimate of drug-likeness (QED) is 0.173. The molecule has 2 amide bonds. The van der Waals surface area contributed by atoms with Gasteiger partial charge >= 0.3 is 236 Å². The summed E-state index contributed by atoms with van der Waals surface area (Å²) < 4.78 is 20.3. The minimum absolute atomic E-state index is 0.0681. The molecule has 3 aliphatic heterocycles. The number of nitrogens with one attached hydrogen (secondary N) is 1. The number of para-hydroxylation sites is 1. The molecule has 2 aromatic carbocycles. The number of aromatic nitrogens is 6. The molecule has 55 heavy (non-hydrogen) atoms. The maximum atomic E-state index is 14.1. The Morgan fingerprint density at radius 3 is 2.56 bits per heavy atom. The third kappa shape index (κ3) is 6.71. The number of aryl methyl sites for hydroxylation is 1. The Kier molecular flexibility index (Phi) is 9.47. The van der Waals surface area contributed by atoms with Crippen molar-refractivity contribution in [2.75, 3.05) is 49.1 Å². The van der Waals surface area contributed by atoms with Gasteiger partial charge in [0.15, 0.2) is 0 Å². The molecule has 15 heteroatoms. The number of hydrogen-bond donors (Lipinski definition) is 1. The molecule has 0 spiro atoms. The number of imidazole rings is 2. The summed E-state index contributed by atoms with van der Waals surface area (Å²) in [5, 5.41) is 8.44. The average Bonchev–Trinajstić information content (AvgIpc) is 3.92. The Hall–Kier alpha value is -5.33. The first kappa shape index (κ1) is 35.4. The fraction of sp³-hybridized carbons (Fsp3) is 0.350. The number of pyridine rings is 1. The van der Waals surface area contributed by atoms with Crippen molar-refractivity contribution < 1.29 is 14.0 Å². The van der Waals surface area contributed by atoms with Gasteiger partial charge in [0.25, 0.3) is 0 Å². The molecule has 2 atom stereocenters. The van der Waals surface area contributed by atoms with E-state index in [0.717, 1.165) is 103 Å². The van der Waals surface area contributed by atoms with Crippen LogP contribution in [-0.4, -0.2) is 100 Å². The number of amides is 2. The minimum atomic E-state index is -0.682. The molecule has 9 rings (SSSR count). The van der Waals surface area contributed by atoms with Crippen LogP contribution >= 0.6 is 0 Å². The van der Waals surface area contributed by atoms with Gasteiger partial charge < -0.3 is 4.90 Å². The van der Waals surface area contributed by atoms with E-state index in [4.69, 9.17) is 10.1 Å². The van der Waals surface area contributed by atoms with Crippen molar-refractivity contribution in [1.29, 1.82) is 0 Å². The van der Waals surface area contributed by atoms with Gasteiger partial charge in [0.1, 0.15) is 11.6 Å². The van der Waals surface area contributed by atoms with Gasteiger partial charge in [-0.2, -0.15) is 0 Å². The number of piperidine rings is 1. The molecule has 1 N–H and O–H groups in total. The van der Waals surface area contributed by atoms with Gasteiger partial charge in [0, 0.05) is 6.54 Å². The summed E-state index contributed by atoms with van der Waals surface area (Å²) in [6, 6.07) is 22.3. The van der Waals surface area contributed by atoms with E-state index in [1.54, 1.807) is 28.3 Å². The van der Waals surface area contributed by atoms with E-state index < -0.39 is 11.9 Å². The SMILES string of the molecule is Cn1c(=O)n(C2CCC(=O)NC2=O)c2cccc([As]CCN3CCN(c4cccc(-c5cnc6ccc(N7CCC[C@@H]7c7cccc(F)c7)nn56)n4)CC3)c21. The zero-order chi connectivity index (χ0) is 37.6. The number of fused-ring (bicyclic) bond motifs is 2. The number of imide groups is 1. The van der Waals surface area contributed by atoms with Gasteiger partial charge in [-0.25, -0.2) is 4.39 Å². The van der Waals surface area contributed by atoms with Crippen molar-refractivity contribution in [3.05, 3.63) is 101 Å². The molecule has 0 saturated carbocycles. The van der Waals surface area contributed by atoms with E-state index in [2.05, 4.69) is 37.1 Å². The summed E-state index contributed by atoms with van der Waals surface area (Å²) in [5.41, 5.74) is 4.74. The van der Waals surface area contributed by atoms with Crippen LogP contribution in [0.25, 0.3) is 28.1 Å². The van der Waals surface area contributed by atoms with Crippen LogP contribution < -0.4 is 25.2 Å². The predicted octanol–water partition coefficient (Wildman–Crippen LogP) is 3.47. The fourth-order valence-electron chi connectivity index (χ4n) is 8.32. The number of carbonyl (C=O) groups is 2. The van der Waals surface area contributed by atoms with Crippen LogP contribution in [0, 0.1) is 5.82 Å². The number of piperazine rings is 1. The van der Waals surface area contributed by atoms with E-state index in [1.807, 2.05) is 53.2 Å². The fourth-order valence-corrected chi connectivity index (χ4v) is 10.9. The summed E-state index contributed by atoms with van der Waals surface area (Å²) in [6.07, 6.45) is 4.33. The van der Waals surface area contributed by atoms with Gasteiger partial charge in [0.05, 0.1) is 6.04 Å². The zero-order valence-corrected chi connectivity index (χ0v) is 32.4. The molecule has 4 aromatic heterocycles. The van der Waals surface area contributed by atoms with E-state index in [0.29, 0.717) is 6.42 Å². The van der Waals surface area contributed by atoms with Crippen LogP contribution in [0.3, 0.4) is 0 Å². The summed E-state index contributed by atoms with van der Waals surface area (Å²) in [5.74, 6) is 0.826. The van der Waals surface area contributed by atoms with Crippen LogP contribution in [0.4, 0.5) is 16.0 Å². The average molecular weight is 804 g/mol. The Labute approximate surface area is 323 Å². The van der Waals surface area contributed by atoms with E-state index in [-0.39, 0.29) is 45.6 Å². The van der Waals surface area contributed by atoms with Gasteiger partial charge in [-0.05, 0) is 42.7 Å². The second-order valence-electron chi connectivity index (χ2n) is 14.4. The van der Waals surface area contributed by atoms with Crippen molar-refractivity contribution >= 4 is 60.2 Å². The summed E-state index contributed by atoms with van der Waals surface area (Å²) >= 11 is -0.225. The summed E-state index contributed by atoms with van der Waals surface area (Å²) in [6.45, 7) is 5.37. The molecule has 1 unspecified atom stereocenters. The van der Waals surface area contributed by atoms with Crippen molar-refractivity contribution in [3.63, 3.8) is 0 Å². The summed E-state index contributed by atoms with van der Waals surface area (Å²) in [4.78, 5) is 54.5. The Morgan fingerprint density at radius 2 is 1.73 bits per heavy atom. The molecule has 0 aliphatic carbocycles. The zero-order valence-electron chi connectivity index (χ0n) is 30.5. The Morgan fingerprint density at radius 1 is 0.891 bits per heavy atom. The van der Waals surface area contributed by atoms with Gasteiger partial charge in [0.2, 0.25) is 0 Å². The number of rotatable bonds is 9. The van der Waals surface area contributed by atoms with Gasteiger partial charge in [-0.3, -0.25) is 0 Å². The van der Waals surface area contributed by atoms with E-state index in [9.17, 15) is 18.8 Å². The number of nitrogens with zero attached hydrogens (tertiary/aromatic N) is 9. The first-order chi connectivity index (χ1) is 26.8. The van der Waals surface area contributed by atoms with Crippen LogP contribution in [0.2, 0.25) is 5.21 Å². The number of hydrogen-bond acceptors (Lipinski definition) is 9. The first-order valence-corrected chi connectivity index (χ1v) is 21.1. The molecule has 6 aromatic rings. The molecular formula is C40H41AsFN10O3. The molecule has 3 aliphatic rings. The second-order valence-corrected chi connectivity index (χ2v) is 17.0. The molecule has 0 bridgehead atoms. The topological polar surface area (TPSA) is 126 Å². The Balaban J connectivity index is 0.850. The third-order valence-corrected chi connectivity index (χ3v) is 13.5. The molecule has 1 radical (unpaired) electrons. The van der Waals surface area contributed by atoms with Crippen LogP contribution in [0.15, 0.2) is 83.8 Å². The van der Waals surface area contributed by atoms with E-state index >= 15 is 0 Å². The third-order valence-electron chi connectivity index (χ3n) is 11.1. The maximum absolute atomic E-state index is 14.1. The monoisotopic (exact) mass is 803 g/mol.